The molecule has 2 fully saturated rings. The summed E-state index contributed by atoms with van der Waals surface area (Å²) >= 11 is 5.88. The minimum Gasteiger partial charge on any atom is -0.338 e. The summed E-state index contributed by atoms with van der Waals surface area (Å²) < 4.78 is 38.0. The normalized spacial score (nSPS) is 19.0. The Bertz CT molecular complexity index is 742. The van der Waals surface area contributed by atoms with Gasteiger partial charge >= 0.3 is 6.18 Å². The average Bonchev–Trinajstić information content (AvgIpc) is 2.96. The van der Waals surface area contributed by atoms with Crippen LogP contribution in [0, 0.1) is 5.41 Å². The maximum atomic E-state index is 12.7. The second-order valence-electron chi connectivity index (χ2n) is 6.57. The van der Waals surface area contributed by atoms with Crippen LogP contribution in [0.4, 0.5) is 13.2 Å². The summed E-state index contributed by atoms with van der Waals surface area (Å²) in [4.78, 5) is 27.4. The van der Waals surface area contributed by atoms with Crippen molar-refractivity contribution in [2.75, 3.05) is 26.2 Å². The quantitative estimate of drug-likeness (QED) is 0.748. The van der Waals surface area contributed by atoms with Crippen LogP contribution in [-0.2, 0) is 11.0 Å². The van der Waals surface area contributed by atoms with Crippen molar-refractivity contribution in [1.29, 1.82) is 0 Å². The lowest BCUT2D eigenvalue weighted by molar-refractivity contribution is -0.137. The first-order valence-electron chi connectivity index (χ1n) is 7.73. The van der Waals surface area contributed by atoms with Crippen molar-refractivity contribution in [1.82, 2.24) is 9.80 Å². The van der Waals surface area contributed by atoms with Gasteiger partial charge in [-0.3, -0.25) is 9.59 Å². The van der Waals surface area contributed by atoms with Gasteiger partial charge in [0.15, 0.2) is 0 Å². The zero-order valence-electron chi connectivity index (χ0n) is 13.3. The fourth-order valence-corrected chi connectivity index (χ4v) is 3.71. The van der Waals surface area contributed by atoms with E-state index in [-0.39, 0.29) is 21.9 Å². The zero-order chi connectivity index (χ0) is 18.4. The third-order valence-electron chi connectivity index (χ3n) is 4.79. The Balaban J connectivity index is 1.67. The van der Waals surface area contributed by atoms with E-state index < -0.39 is 17.6 Å². The molecule has 2 amide bonds. The molecule has 8 heteroatoms. The van der Waals surface area contributed by atoms with Crippen molar-refractivity contribution in [3.05, 3.63) is 47.0 Å². The number of benzene rings is 1. The molecule has 0 aliphatic carbocycles. The van der Waals surface area contributed by atoms with Crippen LogP contribution in [0.5, 0.6) is 0 Å². The molecule has 25 heavy (non-hydrogen) atoms. The Morgan fingerprint density at radius 3 is 2.40 bits per heavy atom. The van der Waals surface area contributed by atoms with E-state index in [1.54, 1.807) is 9.80 Å². The number of carbonyl (C=O) groups excluding carboxylic acids is 2. The lowest BCUT2D eigenvalue weighted by Gasteiger charge is -2.48. The largest absolute Gasteiger partial charge is 0.416 e. The molecule has 0 unspecified atom stereocenters. The standard InChI is InChI=1S/C17H16ClF3N2O2/c1-2-14(24)22-6-5-16(8-22)9-23(10-16)15(25)12-4-3-11(7-13(12)18)17(19,20)21/h2-4,7H,1,5-6,8-10H2. The van der Waals surface area contributed by atoms with Crippen LogP contribution in [-0.4, -0.2) is 47.8 Å². The van der Waals surface area contributed by atoms with Gasteiger partial charge in [-0.15, -0.1) is 0 Å². The molecular formula is C17H16ClF3N2O2. The van der Waals surface area contributed by atoms with Crippen LogP contribution < -0.4 is 0 Å². The molecule has 1 aromatic rings. The van der Waals surface area contributed by atoms with E-state index in [1.165, 1.54) is 6.08 Å². The maximum absolute atomic E-state index is 12.7. The van der Waals surface area contributed by atoms with Crippen molar-refractivity contribution in [2.45, 2.75) is 12.6 Å². The number of hydrogen-bond acceptors (Lipinski definition) is 2. The summed E-state index contributed by atoms with van der Waals surface area (Å²) in [5.41, 5.74) is -0.961. The van der Waals surface area contributed by atoms with Gasteiger partial charge in [0.05, 0.1) is 16.1 Å². The number of amides is 2. The predicted molar refractivity (Wildman–Crippen MR) is 86.2 cm³/mol. The molecule has 0 aromatic heterocycles. The van der Waals surface area contributed by atoms with E-state index in [2.05, 4.69) is 6.58 Å². The molecular weight excluding hydrogens is 357 g/mol. The highest BCUT2D eigenvalue weighted by molar-refractivity contribution is 6.33. The van der Waals surface area contributed by atoms with Crippen LogP contribution in [0.2, 0.25) is 5.02 Å². The first-order chi connectivity index (χ1) is 11.6. The molecule has 2 heterocycles. The number of nitrogens with zero attached hydrogens (tertiary/aromatic N) is 2. The van der Waals surface area contributed by atoms with Gasteiger partial charge in [-0.2, -0.15) is 13.2 Å². The summed E-state index contributed by atoms with van der Waals surface area (Å²) in [5, 5.41) is -0.212. The lowest BCUT2D eigenvalue weighted by atomic mass is 9.78. The third-order valence-corrected chi connectivity index (χ3v) is 5.10. The molecule has 2 aliphatic rings. The van der Waals surface area contributed by atoms with Crippen molar-refractivity contribution in [2.24, 2.45) is 5.41 Å². The van der Waals surface area contributed by atoms with E-state index in [0.717, 1.165) is 24.6 Å². The number of hydrogen-bond donors (Lipinski definition) is 0. The van der Waals surface area contributed by atoms with E-state index in [0.29, 0.717) is 26.2 Å². The first kappa shape index (κ1) is 17.8. The van der Waals surface area contributed by atoms with Gasteiger partial charge in [0.25, 0.3) is 5.91 Å². The van der Waals surface area contributed by atoms with Gasteiger partial charge in [-0.05, 0) is 30.7 Å². The van der Waals surface area contributed by atoms with Crippen LogP contribution in [0.1, 0.15) is 22.3 Å². The van der Waals surface area contributed by atoms with Gasteiger partial charge in [-0.25, -0.2) is 0 Å². The Morgan fingerprint density at radius 2 is 1.84 bits per heavy atom. The molecule has 2 aliphatic heterocycles. The number of likely N-dealkylation sites (tertiary alicyclic amines) is 2. The molecule has 0 bridgehead atoms. The molecule has 2 saturated heterocycles. The molecule has 3 rings (SSSR count). The van der Waals surface area contributed by atoms with Crippen molar-refractivity contribution >= 4 is 23.4 Å². The Kier molecular flexibility index (Phi) is 4.31. The van der Waals surface area contributed by atoms with Crippen LogP contribution >= 0.6 is 11.6 Å². The van der Waals surface area contributed by atoms with Crippen LogP contribution in [0.15, 0.2) is 30.9 Å². The van der Waals surface area contributed by atoms with E-state index >= 15 is 0 Å². The highest BCUT2D eigenvalue weighted by Gasteiger charge is 2.50. The second kappa shape index (κ2) is 6.05. The number of alkyl halides is 3. The van der Waals surface area contributed by atoms with Crippen LogP contribution in [0.3, 0.4) is 0 Å². The smallest absolute Gasteiger partial charge is 0.338 e. The van der Waals surface area contributed by atoms with Gasteiger partial charge in [-0.1, -0.05) is 18.2 Å². The molecule has 1 spiro atoms. The first-order valence-corrected chi connectivity index (χ1v) is 8.10. The third kappa shape index (κ3) is 3.25. The summed E-state index contributed by atoms with van der Waals surface area (Å²) in [7, 11) is 0. The number of halogens is 4. The topological polar surface area (TPSA) is 40.6 Å². The van der Waals surface area contributed by atoms with E-state index in [1.807, 2.05) is 0 Å². The minimum absolute atomic E-state index is 0.0570. The molecule has 0 radical (unpaired) electrons. The Hall–Kier alpha value is -2.02. The zero-order valence-corrected chi connectivity index (χ0v) is 14.0. The average molecular weight is 373 g/mol. The summed E-state index contributed by atoms with van der Waals surface area (Å²) in [6.45, 7) is 5.56. The maximum Gasteiger partial charge on any atom is 0.416 e. The number of rotatable bonds is 2. The summed E-state index contributed by atoms with van der Waals surface area (Å²) in [6.07, 6.45) is -2.45. The highest BCUT2D eigenvalue weighted by atomic mass is 35.5. The molecule has 0 N–H and O–H groups in total. The van der Waals surface area contributed by atoms with Gasteiger partial charge in [0, 0.05) is 31.6 Å². The highest BCUT2D eigenvalue weighted by Crippen LogP contribution is 2.41. The fraction of sp³-hybridized carbons (Fsp3) is 0.412. The van der Waals surface area contributed by atoms with Crippen molar-refractivity contribution < 1.29 is 22.8 Å². The van der Waals surface area contributed by atoms with Crippen LogP contribution in [0.25, 0.3) is 0 Å². The Morgan fingerprint density at radius 1 is 1.20 bits per heavy atom. The molecule has 4 nitrogen and oxygen atoms in total. The SMILES string of the molecule is C=CC(=O)N1CCC2(C1)CN(C(=O)c1ccc(C(F)(F)F)cc1Cl)C2. The van der Waals surface area contributed by atoms with Gasteiger partial charge in [0.2, 0.25) is 5.91 Å². The van der Waals surface area contributed by atoms with Crippen molar-refractivity contribution in [3.8, 4) is 0 Å². The predicted octanol–water partition coefficient (Wildman–Crippen LogP) is 3.22. The fourth-order valence-electron chi connectivity index (χ4n) is 3.45. The molecule has 0 atom stereocenters. The lowest BCUT2D eigenvalue weighted by Crippen LogP contribution is -2.59. The monoisotopic (exact) mass is 372 g/mol. The molecule has 0 saturated carbocycles. The van der Waals surface area contributed by atoms with Crippen molar-refractivity contribution in [3.63, 3.8) is 0 Å². The van der Waals surface area contributed by atoms with Gasteiger partial charge in [0.1, 0.15) is 0 Å². The second-order valence-corrected chi connectivity index (χ2v) is 6.97. The number of carbonyl (C=O) groups is 2. The molecule has 134 valence electrons. The van der Waals surface area contributed by atoms with E-state index in [9.17, 15) is 22.8 Å². The minimum atomic E-state index is -4.50. The summed E-state index contributed by atoms with van der Waals surface area (Å²) in [5.74, 6) is -0.523. The summed E-state index contributed by atoms with van der Waals surface area (Å²) in [6, 6.07) is 2.74. The van der Waals surface area contributed by atoms with Gasteiger partial charge < -0.3 is 9.80 Å². The van der Waals surface area contributed by atoms with E-state index in [4.69, 9.17) is 11.6 Å². The molecule has 1 aromatic carbocycles. The Labute approximate surface area is 147 Å².